The number of aliphatic hydroxyl groups excluding tert-OH is 1. The van der Waals surface area contributed by atoms with Crippen LogP contribution in [0.1, 0.15) is 23.1 Å². The van der Waals surface area contributed by atoms with Crippen LogP contribution in [-0.2, 0) is 14.3 Å². The molecule has 0 spiro atoms. The summed E-state index contributed by atoms with van der Waals surface area (Å²) in [6, 6.07) is 11.6. The Balaban J connectivity index is 1.70. The zero-order chi connectivity index (χ0) is 20.4. The lowest BCUT2D eigenvalue weighted by molar-refractivity contribution is -0.140. The van der Waals surface area contributed by atoms with Gasteiger partial charge in [0.05, 0.1) is 18.8 Å². The maximum absolute atomic E-state index is 12.9. The van der Waals surface area contributed by atoms with Gasteiger partial charge in [-0.2, -0.15) is 0 Å². The fraction of sp³-hybridized carbons (Fsp3) is 0.364. The van der Waals surface area contributed by atoms with Gasteiger partial charge in [0.25, 0.3) is 11.7 Å². The van der Waals surface area contributed by atoms with Crippen LogP contribution in [0.25, 0.3) is 5.76 Å². The quantitative estimate of drug-likeness (QED) is 0.475. The van der Waals surface area contributed by atoms with Crippen LogP contribution in [-0.4, -0.2) is 66.0 Å². The van der Waals surface area contributed by atoms with Crippen LogP contribution in [0.5, 0.6) is 0 Å². The number of carbonyl (C=O) groups excluding carboxylic acids is 2. The van der Waals surface area contributed by atoms with E-state index in [2.05, 4.69) is 4.90 Å². The van der Waals surface area contributed by atoms with Crippen LogP contribution in [0.2, 0.25) is 0 Å². The maximum Gasteiger partial charge on any atom is 0.295 e. The van der Waals surface area contributed by atoms with Crippen LogP contribution in [0.3, 0.4) is 0 Å². The van der Waals surface area contributed by atoms with E-state index in [0.29, 0.717) is 43.4 Å². The molecule has 1 atom stereocenters. The molecule has 2 saturated heterocycles. The van der Waals surface area contributed by atoms with Crippen LogP contribution in [0.15, 0.2) is 52.5 Å². The molecule has 0 unspecified atom stereocenters. The number of amides is 1. The number of Topliss-reactive ketones (excluding diaryl/α,β-unsaturated/α-hetero) is 1. The first kappa shape index (κ1) is 19.4. The average molecular weight is 396 g/mol. The first-order chi connectivity index (χ1) is 14.1. The van der Waals surface area contributed by atoms with Crippen LogP contribution >= 0.6 is 0 Å². The van der Waals surface area contributed by atoms with E-state index in [1.165, 1.54) is 4.90 Å². The molecule has 7 nitrogen and oxygen atoms in total. The van der Waals surface area contributed by atoms with E-state index < -0.39 is 17.7 Å². The van der Waals surface area contributed by atoms with Crippen molar-refractivity contribution < 1.29 is 23.8 Å². The first-order valence-electron chi connectivity index (χ1n) is 9.76. The van der Waals surface area contributed by atoms with Gasteiger partial charge in [-0.15, -0.1) is 0 Å². The van der Waals surface area contributed by atoms with Gasteiger partial charge >= 0.3 is 0 Å². The van der Waals surface area contributed by atoms with Gasteiger partial charge in [0.15, 0.2) is 0 Å². The summed E-state index contributed by atoms with van der Waals surface area (Å²) in [5, 5.41) is 10.9. The van der Waals surface area contributed by atoms with E-state index in [0.717, 1.165) is 13.1 Å². The number of aliphatic hydroxyl groups is 1. The molecule has 1 N–H and O–H groups in total. The molecular weight excluding hydrogens is 372 g/mol. The predicted molar refractivity (Wildman–Crippen MR) is 106 cm³/mol. The summed E-state index contributed by atoms with van der Waals surface area (Å²) in [6.45, 7) is 5.69. The zero-order valence-corrected chi connectivity index (χ0v) is 16.3. The fourth-order valence-corrected chi connectivity index (χ4v) is 3.83. The van der Waals surface area contributed by atoms with E-state index >= 15 is 0 Å². The Hall–Kier alpha value is -2.90. The minimum Gasteiger partial charge on any atom is -0.507 e. The Bertz CT molecular complexity index is 928. The smallest absolute Gasteiger partial charge is 0.295 e. The monoisotopic (exact) mass is 396 g/mol. The Morgan fingerprint density at radius 3 is 2.45 bits per heavy atom. The Labute approximate surface area is 169 Å². The largest absolute Gasteiger partial charge is 0.507 e. The molecule has 3 heterocycles. The van der Waals surface area contributed by atoms with Gasteiger partial charge in [-0.05, 0) is 19.1 Å². The second-order valence-electron chi connectivity index (χ2n) is 7.26. The Kier molecular flexibility index (Phi) is 5.51. The van der Waals surface area contributed by atoms with Crippen molar-refractivity contribution in [3.63, 3.8) is 0 Å². The van der Waals surface area contributed by atoms with Gasteiger partial charge in [0.2, 0.25) is 0 Å². The molecular formula is C22H24N2O5. The molecule has 0 radical (unpaired) electrons. The number of rotatable bonds is 5. The summed E-state index contributed by atoms with van der Waals surface area (Å²) in [5.41, 5.74) is 0.560. The van der Waals surface area contributed by atoms with Gasteiger partial charge < -0.3 is 19.2 Å². The number of ether oxygens (including phenoxy) is 1. The molecule has 2 aliphatic heterocycles. The summed E-state index contributed by atoms with van der Waals surface area (Å²) in [5.74, 6) is -0.335. The van der Waals surface area contributed by atoms with Crippen molar-refractivity contribution in [1.29, 1.82) is 0 Å². The SMILES string of the molecule is Cc1ccc([C@@H]2C(=C(O)c3ccccc3)C(=O)C(=O)N2CCN2CCOCC2)o1. The third-order valence-corrected chi connectivity index (χ3v) is 5.38. The average Bonchev–Trinajstić information content (AvgIpc) is 3.28. The molecule has 0 aliphatic carbocycles. The van der Waals surface area contributed by atoms with Gasteiger partial charge in [-0.1, -0.05) is 30.3 Å². The van der Waals surface area contributed by atoms with Gasteiger partial charge in [0, 0.05) is 31.7 Å². The minimum atomic E-state index is -0.745. The lowest BCUT2D eigenvalue weighted by Gasteiger charge is -2.30. The van der Waals surface area contributed by atoms with E-state index in [1.807, 2.05) is 6.07 Å². The molecule has 0 bridgehead atoms. The molecule has 2 aliphatic rings. The summed E-state index contributed by atoms with van der Waals surface area (Å²) in [7, 11) is 0. The van der Waals surface area contributed by atoms with Gasteiger partial charge in [-0.3, -0.25) is 14.5 Å². The highest BCUT2D eigenvalue weighted by molar-refractivity contribution is 6.46. The third kappa shape index (κ3) is 3.83. The normalized spacial score (nSPS) is 22.4. The molecule has 2 aromatic rings. The molecule has 1 aromatic carbocycles. The number of hydrogen-bond donors (Lipinski definition) is 1. The number of likely N-dealkylation sites (tertiary alicyclic amines) is 1. The van der Waals surface area contributed by atoms with Gasteiger partial charge in [-0.25, -0.2) is 0 Å². The number of hydrogen-bond acceptors (Lipinski definition) is 6. The summed E-state index contributed by atoms with van der Waals surface area (Å²) in [4.78, 5) is 29.5. The number of morpholine rings is 1. The zero-order valence-electron chi connectivity index (χ0n) is 16.3. The maximum atomic E-state index is 12.9. The topological polar surface area (TPSA) is 83.2 Å². The van der Waals surface area contributed by atoms with Crippen molar-refractivity contribution in [3.8, 4) is 0 Å². The molecule has 4 rings (SSSR count). The lowest BCUT2D eigenvalue weighted by Crippen LogP contribution is -2.42. The Morgan fingerprint density at radius 2 is 1.79 bits per heavy atom. The second-order valence-corrected chi connectivity index (χ2v) is 7.26. The van der Waals surface area contributed by atoms with Crippen molar-refractivity contribution in [2.75, 3.05) is 39.4 Å². The van der Waals surface area contributed by atoms with Crippen molar-refractivity contribution in [2.45, 2.75) is 13.0 Å². The third-order valence-electron chi connectivity index (χ3n) is 5.38. The number of carbonyl (C=O) groups is 2. The summed E-state index contributed by atoms with van der Waals surface area (Å²) in [6.07, 6.45) is 0. The number of aryl methyl sites for hydroxylation is 1. The Morgan fingerprint density at radius 1 is 1.07 bits per heavy atom. The number of furan rings is 1. The number of benzene rings is 1. The molecule has 2 fully saturated rings. The summed E-state index contributed by atoms with van der Waals surface area (Å²) >= 11 is 0. The van der Waals surface area contributed by atoms with Crippen LogP contribution in [0, 0.1) is 6.92 Å². The van der Waals surface area contributed by atoms with E-state index in [-0.39, 0.29) is 11.3 Å². The molecule has 152 valence electrons. The van der Waals surface area contributed by atoms with Crippen molar-refractivity contribution in [1.82, 2.24) is 9.80 Å². The van der Waals surface area contributed by atoms with Crippen molar-refractivity contribution >= 4 is 17.4 Å². The highest BCUT2D eigenvalue weighted by Crippen LogP contribution is 2.39. The second kappa shape index (κ2) is 8.23. The minimum absolute atomic E-state index is 0.0672. The summed E-state index contributed by atoms with van der Waals surface area (Å²) < 4.78 is 11.1. The van der Waals surface area contributed by atoms with Crippen molar-refractivity contribution in [2.24, 2.45) is 0 Å². The molecule has 7 heteroatoms. The molecule has 1 aromatic heterocycles. The van der Waals surface area contributed by atoms with E-state index in [1.54, 1.807) is 43.3 Å². The lowest BCUT2D eigenvalue weighted by atomic mass is 9.99. The predicted octanol–water partition coefficient (Wildman–Crippen LogP) is 2.34. The highest BCUT2D eigenvalue weighted by Gasteiger charge is 2.47. The molecule has 1 amide bonds. The van der Waals surface area contributed by atoms with Crippen LogP contribution in [0.4, 0.5) is 0 Å². The van der Waals surface area contributed by atoms with Crippen molar-refractivity contribution in [3.05, 3.63) is 65.1 Å². The first-order valence-corrected chi connectivity index (χ1v) is 9.76. The number of nitrogens with zero attached hydrogens (tertiary/aromatic N) is 2. The molecule has 0 saturated carbocycles. The van der Waals surface area contributed by atoms with Crippen LogP contribution < -0.4 is 0 Å². The standard InChI is InChI=1S/C22H24N2O5/c1-15-7-8-17(29-15)19-18(20(25)16-5-3-2-4-6-16)21(26)22(27)24(19)10-9-23-11-13-28-14-12-23/h2-8,19,25H,9-14H2,1H3/t19-/m1/s1. The van der Waals surface area contributed by atoms with E-state index in [4.69, 9.17) is 9.15 Å². The number of ketones is 1. The fourth-order valence-electron chi connectivity index (χ4n) is 3.83. The highest BCUT2D eigenvalue weighted by atomic mass is 16.5. The van der Waals surface area contributed by atoms with E-state index in [9.17, 15) is 14.7 Å². The molecule has 29 heavy (non-hydrogen) atoms. The van der Waals surface area contributed by atoms with Gasteiger partial charge in [0.1, 0.15) is 23.3 Å².